The van der Waals surface area contributed by atoms with Gasteiger partial charge in [-0.2, -0.15) is 11.8 Å². The van der Waals surface area contributed by atoms with E-state index < -0.39 is 10.0 Å². The maximum absolute atomic E-state index is 11.8. The van der Waals surface area contributed by atoms with Crippen LogP contribution in [-0.4, -0.2) is 33.5 Å². The molecule has 0 aliphatic carbocycles. The van der Waals surface area contributed by atoms with Crippen molar-refractivity contribution in [3.05, 3.63) is 17.9 Å². The van der Waals surface area contributed by atoms with Crippen molar-refractivity contribution in [3.8, 4) is 0 Å². The Hall–Kier alpha value is -0.500. The Bertz CT molecular complexity index is 443. The lowest BCUT2D eigenvalue weighted by Gasteiger charge is -2.03. The summed E-state index contributed by atoms with van der Waals surface area (Å²) < 4.78 is 31.4. The second kappa shape index (κ2) is 7.83. The van der Waals surface area contributed by atoms with Gasteiger partial charge < -0.3 is 9.73 Å². The molecule has 104 valence electrons. The molecule has 0 aliphatic rings. The average molecular weight is 292 g/mol. The maximum atomic E-state index is 11.8. The zero-order valence-corrected chi connectivity index (χ0v) is 12.4. The van der Waals surface area contributed by atoms with Crippen LogP contribution in [0.1, 0.15) is 19.1 Å². The number of rotatable bonds is 9. The molecule has 0 unspecified atom stereocenters. The van der Waals surface area contributed by atoms with E-state index in [4.69, 9.17) is 4.42 Å². The molecule has 1 rings (SSSR count). The fourth-order valence-corrected chi connectivity index (χ4v) is 2.75. The fourth-order valence-electron chi connectivity index (χ4n) is 1.34. The molecule has 1 aromatic heterocycles. The van der Waals surface area contributed by atoms with Crippen LogP contribution in [0.25, 0.3) is 0 Å². The van der Waals surface area contributed by atoms with Crippen LogP contribution >= 0.6 is 11.8 Å². The smallest absolute Gasteiger partial charge is 0.273 e. The Balaban J connectivity index is 2.55. The summed E-state index contributed by atoms with van der Waals surface area (Å²) in [5.41, 5.74) is 0. The van der Waals surface area contributed by atoms with E-state index in [1.807, 2.05) is 6.26 Å². The van der Waals surface area contributed by atoms with E-state index in [9.17, 15) is 8.42 Å². The zero-order chi connectivity index (χ0) is 13.4. The van der Waals surface area contributed by atoms with E-state index in [0.29, 0.717) is 18.8 Å². The summed E-state index contributed by atoms with van der Waals surface area (Å²) in [4.78, 5) is 0. The third-order valence-corrected chi connectivity index (χ3v) is 4.17. The van der Waals surface area contributed by atoms with Crippen LogP contribution in [0.3, 0.4) is 0 Å². The summed E-state index contributed by atoms with van der Waals surface area (Å²) in [7, 11) is -3.50. The molecule has 0 aliphatic heterocycles. The Kier molecular flexibility index (Phi) is 6.77. The van der Waals surface area contributed by atoms with E-state index in [2.05, 4.69) is 17.0 Å². The summed E-state index contributed by atoms with van der Waals surface area (Å²) in [5.74, 6) is 1.37. The van der Waals surface area contributed by atoms with Gasteiger partial charge in [-0.3, -0.25) is 0 Å². The minimum absolute atomic E-state index is 0.0168. The van der Waals surface area contributed by atoms with Crippen molar-refractivity contribution in [2.24, 2.45) is 0 Å². The third kappa shape index (κ3) is 5.01. The van der Waals surface area contributed by atoms with Crippen LogP contribution < -0.4 is 10.0 Å². The van der Waals surface area contributed by atoms with E-state index in [1.54, 1.807) is 17.8 Å². The van der Waals surface area contributed by atoms with Crippen LogP contribution in [0.2, 0.25) is 0 Å². The second-order valence-electron chi connectivity index (χ2n) is 3.79. The highest BCUT2D eigenvalue weighted by Gasteiger charge is 2.17. The van der Waals surface area contributed by atoms with Crippen molar-refractivity contribution in [2.45, 2.75) is 25.0 Å². The van der Waals surface area contributed by atoms with E-state index in [-0.39, 0.29) is 5.09 Å². The molecule has 18 heavy (non-hydrogen) atoms. The number of hydrogen-bond acceptors (Lipinski definition) is 5. The summed E-state index contributed by atoms with van der Waals surface area (Å²) in [6, 6.07) is 3.18. The predicted octanol–water partition coefficient (Wildman–Crippen LogP) is 1.42. The summed E-state index contributed by atoms with van der Waals surface area (Å²) in [5, 5.41) is 3.14. The molecule has 1 heterocycles. The molecule has 0 radical (unpaired) electrons. The van der Waals surface area contributed by atoms with Crippen LogP contribution in [0.15, 0.2) is 21.6 Å². The highest BCUT2D eigenvalue weighted by atomic mass is 32.2. The molecular weight excluding hydrogens is 272 g/mol. The van der Waals surface area contributed by atoms with Crippen molar-refractivity contribution in [1.29, 1.82) is 0 Å². The standard InChI is InChI=1S/C11H20N2O3S2/c1-3-6-12-9-10-4-5-11(16-10)18(14,15)13-7-8-17-2/h4-5,12-13H,3,6-9H2,1-2H3. The van der Waals surface area contributed by atoms with Crippen molar-refractivity contribution in [3.63, 3.8) is 0 Å². The number of furan rings is 1. The van der Waals surface area contributed by atoms with Gasteiger partial charge in [0.25, 0.3) is 10.0 Å². The van der Waals surface area contributed by atoms with Crippen LogP contribution in [0, 0.1) is 0 Å². The Morgan fingerprint density at radius 1 is 1.33 bits per heavy atom. The molecule has 0 spiro atoms. The lowest BCUT2D eigenvalue weighted by molar-refractivity contribution is 0.400. The monoisotopic (exact) mass is 292 g/mol. The zero-order valence-electron chi connectivity index (χ0n) is 10.7. The highest BCUT2D eigenvalue weighted by molar-refractivity contribution is 7.98. The summed E-state index contributed by atoms with van der Waals surface area (Å²) in [6.45, 7) is 3.91. The third-order valence-electron chi connectivity index (χ3n) is 2.23. The molecule has 0 saturated carbocycles. The van der Waals surface area contributed by atoms with Crippen molar-refractivity contribution < 1.29 is 12.8 Å². The minimum atomic E-state index is -3.50. The van der Waals surface area contributed by atoms with Crippen molar-refractivity contribution >= 4 is 21.8 Å². The van der Waals surface area contributed by atoms with Crippen molar-refractivity contribution in [2.75, 3.05) is 25.1 Å². The second-order valence-corrected chi connectivity index (χ2v) is 6.47. The molecular formula is C11H20N2O3S2. The molecule has 0 aromatic carbocycles. The van der Waals surface area contributed by atoms with Gasteiger partial charge in [0.05, 0.1) is 6.54 Å². The molecule has 1 aromatic rings. The molecule has 2 N–H and O–H groups in total. The predicted molar refractivity (Wildman–Crippen MR) is 74.3 cm³/mol. The van der Waals surface area contributed by atoms with E-state index >= 15 is 0 Å². The number of sulfonamides is 1. The molecule has 7 heteroatoms. The van der Waals surface area contributed by atoms with Gasteiger partial charge in [-0.15, -0.1) is 0 Å². The maximum Gasteiger partial charge on any atom is 0.273 e. The minimum Gasteiger partial charge on any atom is -0.447 e. The quantitative estimate of drug-likeness (QED) is 0.674. The van der Waals surface area contributed by atoms with Crippen molar-refractivity contribution in [1.82, 2.24) is 10.0 Å². The van der Waals surface area contributed by atoms with Gasteiger partial charge >= 0.3 is 0 Å². The van der Waals surface area contributed by atoms with Gasteiger partial charge in [0.1, 0.15) is 5.76 Å². The first-order valence-corrected chi connectivity index (χ1v) is 8.76. The molecule has 5 nitrogen and oxygen atoms in total. The number of nitrogens with one attached hydrogen (secondary N) is 2. The van der Waals surface area contributed by atoms with Gasteiger partial charge in [-0.25, -0.2) is 13.1 Å². The fraction of sp³-hybridized carbons (Fsp3) is 0.636. The Morgan fingerprint density at radius 3 is 2.78 bits per heavy atom. The highest BCUT2D eigenvalue weighted by Crippen LogP contribution is 2.13. The molecule has 0 amide bonds. The van der Waals surface area contributed by atoms with Gasteiger partial charge in [0.2, 0.25) is 5.09 Å². The average Bonchev–Trinajstić information content (AvgIpc) is 2.79. The molecule has 0 saturated heterocycles. The first kappa shape index (κ1) is 15.6. The first-order valence-electron chi connectivity index (χ1n) is 5.88. The van der Waals surface area contributed by atoms with Crippen LogP contribution in [0.5, 0.6) is 0 Å². The van der Waals surface area contributed by atoms with Crippen LogP contribution in [0.4, 0.5) is 0 Å². The van der Waals surface area contributed by atoms with Gasteiger partial charge in [0, 0.05) is 12.3 Å². The molecule has 0 atom stereocenters. The van der Waals surface area contributed by atoms with Gasteiger partial charge in [-0.05, 0) is 31.4 Å². The van der Waals surface area contributed by atoms with Crippen LogP contribution in [-0.2, 0) is 16.6 Å². The normalized spacial score (nSPS) is 11.9. The SMILES string of the molecule is CCCNCc1ccc(S(=O)(=O)NCCSC)o1. The molecule has 0 bridgehead atoms. The summed E-state index contributed by atoms with van der Waals surface area (Å²) in [6.07, 6.45) is 2.96. The van der Waals surface area contributed by atoms with Gasteiger partial charge in [0.15, 0.2) is 0 Å². The number of thioether (sulfide) groups is 1. The summed E-state index contributed by atoms with van der Waals surface area (Å²) >= 11 is 1.59. The Labute approximate surface area is 113 Å². The molecule has 0 fully saturated rings. The van der Waals surface area contributed by atoms with E-state index in [1.165, 1.54) is 6.07 Å². The first-order chi connectivity index (χ1) is 8.60. The van der Waals surface area contributed by atoms with Gasteiger partial charge in [-0.1, -0.05) is 6.92 Å². The number of hydrogen-bond donors (Lipinski definition) is 2. The van der Waals surface area contributed by atoms with E-state index in [0.717, 1.165) is 18.7 Å². The lowest BCUT2D eigenvalue weighted by Crippen LogP contribution is -2.25. The topological polar surface area (TPSA) is 71.3 Å². The largest absolute Gasteiger partial charge is 0.447 e. The Morgan fingerprint density at radius 2 is 2.11 bits per heavy atom. The lowest BCUT2D eigenvalue weighted by atomic mass is 10.4.